The van der Waals surface area contributed by atoms with Gasteiger partial charge in [0.1, 0.15) is 11.3 Å². The van der Waals surface area contributed by atoms with E-state index >= 15 is 0 Å². The predicted octanol–water partition coefficient (Wildman–Crippen LogP) is 3.37. The Morgan fingerprint density at radius 3 is 2.64 bits per heavy atom. The number of aryl methyl sites for hydroxylation is 1. The number of nitrogens with zero attached hydrogens (tertiary/aromatic N) is 2. The van der Waals surface area contributed by atoms with Crippen LogP contribution in [0, 0.1) is 11.7 Å². The van der Waals surface area contributed by atoms with Crippen LogP contribution in [0.2, 0.25) is 0 Å². The summed E-state index contributed by atoms with van der Waals surface area (Å²) in [6, 6.07) is 13.6. The molecule has 7 heteroatoms. The van der Waals surface area contributed by atoms with E-state index in [1.807, 2.05) is 25.1 Å². The average molecular weight is 353 g/mol. The third kappa shape index (κ3) is 3.36. The van der Waals surface area contributed by atoms with Crippen LogP contribution in [0.5, 0.6) is 11.6 Å². The lowest BCUT2D eigenvalue weighted by atomic mass is 10.2. The second kappa shape index (κ2) is 6.74. The largest absolute Gasteiger partial charge is 0.508 e. The van der Waals surface area contributed by atoms with Crippen molar-refractivity contribution in [3.05, 3.63) is 74.8 Å². The van der Waals surface area contributed by atoms with Gasteiger partial charge in [-0.25, -0.2) is 0 Å². The number of nitrogens with one attached hydrogen (secondary N) is 1. The van der Waals surface area contributed by atoms with E-state index in [0.29, 0.717) is 11.4 Å². The number of phenolic OH excluding ortho intramolecular Hbond substituents is 1. The molecular formula is C18H15N3O3S. The van der Waals surface area contributed by atoms with Crippen molar-refractivity contribution in [3.63, 3.8) is 0 Å². The first-order valence-electron chi connectivity index (χ1n) is 7.45. The fourth-order valence-electron chi connectivity index (χ4n) is 2.41. The first kappa shape index (κ1) is 16.7. The molecule has 0 fully saturated rings. The number of phenols is 1. The molecule has 6 nitrogen and oxygen atoms in total. The molecule has 0 bridgehead atoms. The Morgan fingerprint density at radius 1 is 1.16 bits per heavy atom. The number of aromatic nitrogens is 2. The monoisotopic (exact) mass is 353 g/mol. The van der Waals surface area contributed by atoms with E-state index in [2.05, 4.69) is 9.98 Å². The zero-order valence-electron chi connectivity index (χ0n) is 13.3. The van der Waals surface area contributed by atoms with Crippen LogP contribution in [0.1, 0.15) is 11.1 Å². The smallest absolute Gasteiger partial charge is 0.264 e. The number of H-pyrrole nitrogens is 1. The molecule has 0 radical (unpaired) electrons. The highest BCUT2D eigenvalue weighted by atomic mass is 32.1. The predicted molar refractivity (Wildman–Crippen MR) is 99.0 cm³/mol. The summed E-state index contributed by atoms with van der Waals surface area (Å²) in [5, 5.41) is 20.1. The number of hydrogen-bond donors (Lipinski definition) is 3. The quantitative estimate of drug-likeness (QED) is 0.497. The van der Waals surface area contributed by atoms with Gasteiger partial charge in [0.15, 0.2) is 4.77 Å². The second-order valence-corrected chi connectivity index (χ2v) is 5.78. The molecule has 0 saturated heterocycles. The van der Waals surface area contributed by atoms with Gasteiger partial charge in [0.2, 0.25) is 5.88 Å². The SMILES string of the molecule is Cc1ccccc1-n1c(O)c(C=Nc2cccc(O)c2)c(=O)[nH]c1=S. The van der Waals surface area contributed by atoms with Gasteiger partial charge in [-0.3, -0.25) is 19.3 Å². The molecule has 1 aromatic heterocycles. The lowest BCUT2D eigenvalue weighted by molar-refractivity contribution is 0.432. The highest BCUT2D eigenvalue weighted by Gasteiger charge is 2.13. The molecule has 0 aliphatic carbocycles. The zero-order valence-corrected chi connectivity index (χ0v) is 14.1. The third-order valence-electron chi connectivity index (χ3n) is 3.65. The lowest BCUT2D eigenvalue weighted by Crippen LogP contribution is -2.18. The van der Waals surface area contributed by atoms with E-state index in [4.69, 9.17) is 12.2 Å². The topological polar surface area (TPSA) is 90.6 Å². The summed E-state index contributed by atoms with van der Waals surface area (Å²) < 4.78 is 1.47. The molecular weight excluding hydrogens is 338 g/mol. The van der Waals surface area contributed by atoms with E-state index in [1.54, 1.807) is 18.2 Å². The number of aromatic amines is 1. The summed E-state index contributed by atoms with van der Waals surface area (Å²) in [5.74, 6) is -0.240. The first-order valence-corrected chi connectivity index (χ1v) is 7.85. The molecule has 0 aliphatic heterocycles. The van der Waals surface area contributed by atoms with Gasteiger partial charge < -0.3 is 10.2 Å². The molecule has 126 valence electrons. The Hall–Kier alpha value is -3.19. The van der Waals surface area contributed by atoms with Crippen LogP contribution in [-0.4, -0.2) is 26.0 Å². The minimum atomic E-state index is -0.545. The Kier molecular flexibility index (Phi) is 4.49. The number of para-hydroxylation sites is 1. The lowest BCUT2D eigenvalue weighted by Gasteiger charge is -2.13. The van der Waals surface area contributed by atoms with Crippen molar-refractivity contribution < 1.29 is 10.2 Å². The second-order valence-electron chi connectivity index (χ2n) is 5.40. The van der Waals surface area contributed by atoms with E-state index in [9.17, 15) is 15.0 Å². The molecule has 0 saturated carbocycles. The molecule has 3 N–H and O–H groups in total. The fraction of sp³-hybridized carbons (Fsp3) is 0.0556. The van der Waals surface area contributed by atoms with Crippen LogP contribution in [0.4, 0.5) is 5.69 Å². The molecule has 0 unspecified atom stereocenters. The third-order valence-corrected chi connectivity index (χ3v) is 3.93. The maximum atomic E-state index is 12.2. The number of hydrogen-bond acceptors (Lipinski definition) is 5. The van der Waals surface area contributed by atoms with Crippen LogP contribution in [0.15, 0.2) is 58.3 Å². The molecule has 0 atom stereocenters. The Balaban J connectivity index is 2.16. The summed E-state index contributed by atoms with van der Waals surface area (Å²) in [5.41, 5.74) is 1.42. The molecule has 25 heavy (non-hydrogen) atoms. The van der Waals surface area contributed by atoms with Crippen LogP contribution in [0.25, 0.3) is 5.69 Å². The van der Waals surface area contributed by atoms with Crippen molar-refractivity contribution >= 4 is 24.1 Å². The van der Waals surface area contributed by atoms with Crippen molar-refractivity contribution in [1.29, 1.82) is 0 Å². The van der Waals surface area contributed by atoms with Gasteiger partial charge in [-0.2, -0.15) is 0 Å². The Labute approximate surface area is 148 Å². The maximum absolute atomic E-state index is 12.2. The van der Waals surface area contributed by atoms with Gasteiger partial charge in [0, 0.05) is 12.3 Å². The molecule has 1 heterocycles. The summed E-state index contributed by atoms with van der Waals surface area (Å²) in [7, 11) is 0. The zero-order chi connectivity index (χ0) is 18.0. The standard InChI is InChI=1S/C18H15N3O3S/c1-11-5-2-3-8-15(11)21-17(24)14(16(23)20-18(21)25)10-19-12-6-4-7-13(22)9-12/h2-10,22,24H,1H3,(H,20,23,25). The van der Waals surface area contributed by atoms with Gasteiger partial charge >= 0.3 is 0 Å². The fourth-order valence-corrected chi connectivity index (χ4v) is 2.68. The van der Waals surface area contributed by atoms with Gasteiger partial charge in [0.05, 0.1) is 11.4 Å². The van der Waals surface area contributed by atoms with Crippen molar-refractivity contribution in [2.45, 2.75) is 6.92 Å². The molecule has 0 amide bonds. The Morgan fingerprint density at radius 2 is 1.92 bits per heavy atom. The number of rotatable bonds is 3. The Bertz CT molecular complexity index is 1080. The molecule has 0 spiro atoms. The number of aromatic hydroxyl groups is 2. The summed E-state index contributed by atoms with van der Waals surface area (Å²) in [6.45, 7) is 1.88. The van der Waals surface area contributed by atoms with Crippen LogP contribution >= 0.6 is 12.2 Å². The van der Waals surface area contributed by atoms with Gasteiger partial charge in [0.25, 0.3) is 5.56 Å². The summed E-state index contributed by atoms with van der Waals surface area (Å²) >= 11 is 5.19. The van der Waals surface area contributed by atoms with E-state index in [-0.39, 0.29) is 22.0 Å². The van der Waals surface area contributed by atoms with E-state index in [1.165, 1.54) is 22.9 Å². The highest BCUT2D eigenvalue weighted by Crippen LogP contribution is 2.22. The maximum Gasteiger partial charge on any atom is 0.264 e. The van der Waals surface area contributed by atoms with Gasteiger partial charge in [-0.1, -0.05) is 24.3 Å². The minimum Gasteiger partial charge on any atom is -0.508 e. The van der Waals surface area contributed by atoms with Crippen molar-refractivity contribution in [2.24, 2.45) is 4.99 Å². The molecule has 3 aromatic rings. The van der Waals surface area contributed by atoms with Crippen molar-refractivity contribution in [2.75, 3.05) is 0 Å². The van der Waals surface area contributed by atoms with Crippen LogP contribution in [0.3, 0.4) is 0 Å². The van der Waals surface area contributed by atoms with Crippen molar-refractivity contribution in [1.82, 2.24) is 9.55 Å². The van der Waals surface area contributed by atoms with E-state index in [0.717, 1.165) is 5.56 Å². The van der Waals surface area contributed by atoms with E-state index < -0.39 is 5.56 Å². The van der Waals surface area contributed by atoms with Crippen LogP contribution in [-0.2, 0) is 0 Å². The molecule has 0 aliphatic rings. The summed E-state index contributed by atoms with van der Waals surface area (Å²) in [6.07, 6.45) is 1.24. The molecule has 3 rings (SSSR count). The number of aliphatic imine (C=N–C) groups is 1. The minimum absolute atomic E-state index is 0.0276. The first-order chi connectivity index (χ1) is 12.0. The van der Waals surface area contributed by atoms with Crippen LogP contribution < -0.4 is 5.56 Å². The average Bonchev–Trinajstić information content (AvgIpc) is 2.56. The van der Waals surface area contributed by atoms with Gasteiger partial charge in [-0.05, 0) is 42.9 Å². The highest BCUT2D eigenvalue weighted by molar-refractivity contribution is 7.71. The van der Waals surface area contributed by atoms with Gasteiger partial charge in [-0.15, -0.1) is 0 Å². The number of benzene rings is 2. The summed E-state index contributed by atoms with van der Waals surface area (Å²) in [4.78, 5) is 18.9. The molecule has 2 aromatic carbocycles. The van der Waals surface area contributed by atoms with Crippen molar-refractivity contribution in [3.8, 4) is 17.3 Å². The normalized spacial score (nSPS) is 11.1.